The van der Waals surface area contributed by atoms with Gasteiger partial charge in [-0.2, -0.15) is 13.2 Å². The first-order chi connectivity index (χ1) is 15.8. The molecular formula is C22H20F3N7O. The predicted octanol–water partition coefficient (Wildman–Crippen LogP) is 4.18. The molecule has 33 heavy (non-hydrogen) atoms. The van der Waals surface area contributed by atoms with Gasteiger partial charge >= 0.3 is 12.1 Å². The topological polar surface area (TPSA) is 85.8 Å². The van der Waals surface area contributed by atoms with Crippen molar-refractivity contribution in [3.8, 4) is 22.7 Å². The molecule has 3 aromatic heterocycles. The van der Waals surface area contributed by atoms with Crippen LogP contribution in [-0.4, -0.2) is 41.1 Å². The summed E-state index contributed by atoms with van der Waals surface area (Å²) in [5.74, 6) is -1.63. The highest BCUT2D eigenvalue weighted by Gasteiger charge is 2.38. The SMILES string of the molecule is CC(C)N1Cc2cccc(-c3cn(Cc4ccc(-c5nnc(C(F)(F)F)o5)cn4)nn3)c2C1. The molecule has 1 aromatic carbocycles. The van der Waals surface area contributed by atoms with Crippen molar-refractivity contribution in [2.24, 2.45) is 0 Å². The lowest BCUT2D eigenvalue weighted by Crippen LogP contribution is -2.24. The zero-order valence-electron chi connectivity index (χ0n) is 17.9. The van der Waals surface area contributed by atoms with Gasteiger partial charge in [-0.05, 0) is 37.1 Å². The number of hydrogen-bond acceptors (Lipinski definition) is 7. The molecule has 0 atom stereocenters. The second kappa shape index (κ2) is 8.07. The molecule has 0 aliphatic carbocycles. The third-order valence-corrected chi connectivity index (χ3v) is 5.62. The Labute approximate surface area is 187 Å². The van der Waals surface area contributed by atoms with Crippen molar-refractivity contribution in [2.75, 3.05) is 0 Å². The van der Waals surface area contributed by atoms with Crippen LogP contribution in [0.2, 0.25) is 0 Å². The molecule has 0 unspecified atom stereocenters. The number of benzene rings is 1. The normalized spacial score (nSPS) is 14.2. The van der Waals surface area contributed by atoms with Gasteiger partial charge < -0.3 is 4.42 Å². The number of hydrogen-bond donors (Lipinski definition) is 0. The molecule has 0 saturated heterocycles. The zero-order valence-corrected chi connectivity index (χ0v) is 17.9. The van der Waals surface area contributed by atoms with E-state index in [9.17, 15) is 13.2 Å². The zero-order chi connectivity index (χ0) is 23.2. The number of fused-ring (bicyclic) bond motifs is 1. The van der Waals surface area contributed by atoms with E-state index in [-0.39, 0.29) is 5.89 Å². The number of nitrogens with zero attached hydrogens (tertiary/aromatic N) is 7. The quantitative estimate of drug-likeness (QED) is 0.446. The second-order valence-electron chi connectivity index (χ2n) is 8.19. The first-order valence-electron chi connectivity index (χ1n) is 10.4. The van der Waals surface area contributed by atoms with Gasteiger partial charge in [0.15, 0.2) is 0 Å². The fourth-order valence-corrected chi connectivity index (χ4v) is 3.82. The second-order valence-corrected chi connectivity index (χ2v) is 8.19. The van der Waals surface area contributed by atoms with Crippen molar-refractivity contribution >= 4 is 0 Å². The van der Waals surface area contributed by atoms with E-state index in [2.05, 4.69) is 60.8 Å². The van der Waals surface area contributed by atoms with Gasteiger partial charge in [0, 0.05) is 30.9 Å². The fraction of sp³-hybridized carbons (Fsp3) is 0.318. The average Bonchev–Trinajstić information content (AvgIpc) is 3.52. The van der Waals surface area contributed by atoms with Crippen LogP contribution in [0.5, 0.6) is 0 Å². The molecule has 1 aliphatic rings. The van der Waals surface area contributed by atoms with Crippen LogP contribution in [0.25, 0.3) is 22.7 Å². The van der Waals surface area contributed by atoms with E-state index in [0.717, 1.165) is 24.3 Å². The molecule has 0 saturated carbocycles. The third-order valence-electron chi connectivity index (χ3n) is 5.62. The molecule has 170 valence electrons. The Hall–Kier alpha value is -3.60. The molecule has 4 heterocycles. The van der Waals surface area contributed by atoms with Crippen LogP contribution in [0.4, 0.5) is 13.2 Å². The first-order valence-corrected chi connectivity index (χ1v) is 10.4. The van der Waals surface area contributed by atoms with Gasteiger partial charge in [0.2, 0.25) is 5.89 Å². The first kappa shape index (κ1) is 21.3. The minimum atomic E-state index is -4.69. The summed E-state index contributed by atoms with van der Waals surface area (Å²) in [7, 11) is 0. The fourth-order valence-electron chi connectivity index (χ4n) is 3.82. The third kappa shape index (κ3) is 4.23. The molecule has 5 rings (SSSR count). The minimum absolute atomic E-state index is 0.238. The van der Waals surface area contributed by atoms with Gasteiger partial charge in [-0.3, -0.25) is 9.88 Å². The number of pyridine rings is 1. The lowest BCUT2D eigenvalue weighted by molar-refractivity contribution is -0.156. The maximum Gasteiger partial charge on any atom is 0.470 e. The van der Waals surface area contributed by atoms with Crippen molar-refractivity contribution in [1.82, 2.24) is 35.1 Å². The highest BCUT2D eigenvalue weighted by Crippen LogP contribution is 2.33. The molecule has 8 nitrogen and oxygen atoms in total. The monoisotopic (exact) mass is 455 g/mol. The van der Waals surface area contributed by atoms with Gasteiger partial charge in [-0.15, -0.1) is 15.3 Å². The van der Waals surface area contributed by atoms with E-state index in [1.165, 1.54) is 17.3 Å². The van der Waals surface area contributed by atoms with E-state index in [4.69, 9.17) is 0 Å². The summed E-state index contributed by atoms with van der Waals surface area (Å²) in [6, 6.07) is 9.97. The summed E-state index contributed by atoms with van der Waals surface area (Å²) in [4.78, 5) is 6.69. The van der Waals surface area contributed by atoms with Crippen LogP contribution in [0.3, 0.4) is 0 Å². The molecule has 4 aromatic rings. The largest absolute Gasteiger partial charge is 0.470 e. The average molecular weight is 455 g/mol. The van der Waals surface area contributed by atoms with Gasteiger partial charge in [0.05, 0.1) is 24.0 Å². The van der Waals surface area contributed by atoms with Crippen LogP contribution in [0.15, 0.2) is 47.1 Å². The van der Waals surface area contributed by atoms with Crippen molar-refractivity contribution in [3.63, 3.8) is 0 Å². The molecule has 0 amide bonds. The van der Waals surface area contributed by atoms with Gasteiger partial charge in [0.25, 0.3) is 0 Å². The summed E-state index contributed by atoms with van der Waals surface area (Å²) in [6.07, 6.45) is -1.42. The van der Waals surface area contributed by atoms with Crippen LogP contribution >= 0.6 is 0 Å². The Kier molecular flexibility index (Phi) is 5.20. The molecule has 1 aliphatic heterocycles. The van der Waals surface area contributed by atoms with Crippen molar-refractivity contribution < 1.29 is 17.6 Å². The predicted molar refractivity (Wildman–Crippen MR) is 111 cm³/mol. The summed E-state index contributed by atoms with van der Waals surface area (Å²) < 4.78 is 44.3. The number of rotatable bonds is 5. The number of halogens is 3. The summed E-state index contributed by atoms with van der Waals surface area (Å²) in [6.45, 7) is 6.54. The van der Waals surface area contributed by atoms with Crippen molar-refractivity contribution in [2.45, 2.75) is 45.7 Å². The molecule has 0 spiro atoms. The number of aromatic nitrogens is 6. The Balaban J connectivity index is 1.32. The lowest BCUT2D eigenvalue weighted by atomic mass is 10.0. The van der Waals surface area contributed by atoms with E-state index in [0.29, 0.717) is 23.8 Å². The number of alkyl halides is 3. The smallest absolute Gasteiger partial charge is 0.413 e. The Morgan fingerprint density at radius 1 is 1.06 bits per heavy atom. The van der Waals surface area contributed by atoms with Gasteiger partial charge in [-0.1, -0.05) is 23.4 Å². The Bertz CT molecular complexity index is 1280. The molecular weight excluding hydrogens is 435 g/mol. The highest BCUT2D eigenvalue weighted by molar-refractivity contribution is 5.65. The summed E-state index contributed by atoms with van der Waals surface area (Å²) in [5.41, 5.74) is 5.41. The molecule has 0 N–H and O–H groups in total. The van der Waals surface area contributed by atoms with E-state index in [1.807, 2.05) is 12.3 Å². The van der Waals surface area contributed by atoms with E-state index >= 15 is 0 Å². The van der Waals surface area contributed by atoms with Crippen molar-refractivity contribution in [3.05, 3.63) is 65.4 Å². The standard InChI is InChI=1S/C22H20F3N7O/c1-13(2)31-9-15-4-3-5-17(18(15)11-31)19-12-32(30-27-19)10-16-7-6-14(8-26-16)20-28-29-21(33-20)22(23,24)25/h3-8,12-13H,9-11H2,1-2H3. The minimum Gasteiger partial charge on any atom is -0.413 e. The van der Waals surface area contributed by atoms with Gasteiger partial charge in [-0.25, -0.2) is 4.68 Å². The van der Waals surface area contributed by atoms with Crippen LogP contribution in [0, 0.1) is 0 Å². The molecule has 0 bridgehead atoms. The maximum absolute atomic E-state index is 12.6. The molecule has 0 radical (unpaired) electrons. The molecule has 11 heteroatoms. The summed E-state index contributed by atoms with van der Waals surface area (Å²) in [5, 5.41) is 15.0. The van der Waals surface area contributed by atoms with Gasteiger partial charge in [0.1, 0.15) is 5.69 Å². The Morgan fingerprint density at radius 2 is 1.91 bits per heavy atom. The van der Waals surface area contributed by atoms with Crippen LogP contribution < -0.4 is 0 Å². The lowest BCUT2D eigenvalue weighted by Gasteiger charge is -2.19. The Morgan fingerprint density at radius 3 is 2.61 bits per heavy atom. The summed E-state index contributed by atoms with van der Waals surface area (Å²) >= 11 is 0. The van der Waals surface area contributed by atoms with E-state index in [1.54, 1.807) is 16.8 Å². The highest BCUT2D eigenvalue weighted by atomic mass is 19.4. The van der Waals surface area contributed by atoms with E-state index < -0.39 is 12.1 Å². The van der Waals surface area contributed by atoms with Crippen LogP contribution in [-0.2, 0) is 25.8 Å². The van der Waals surface area contributed by atoms with Crippen molar-refractivity contribution in [1.29, 1.82) is 0 Å². The maximum atomic E-state index is 12.6. The molecule has 0 fully saturated rings. The van der Waals surface area contributed by atoms with Crippen LogP contribution in [0.1, 0.15) is 36.6 Å².